The second-order valence-electron chi connectivity index (χ2n) is 2.95. The van der Waals surface area contributed by atoms with E-state index < -0.39 is 18.4 Å². The van der Waals surface area contributed by atoms with E-state index in [1.165, 1.54) is 0 Å². The van der Waals surface area contributed by atoms with E-state index in [2.05, 4.69) is 0 Å². The molecule has 0 aromatic heterocycles. The molecule has 0 atom stereocenters. The Balaban J connectivity index is 2.20. The maximum Gasteiger partial charge on any atom is 0.311 e. The van der Waals surface area contributed by atoms with Crippen LogP contribution in [0.25, 0.3) is 0 Å². The first kappa shape index (κ1) is 9.03. The van der Waals surface area contributed by atoms with Gasteiger partial charge in [0.15, 0.2) is 0 Å². The molecule has 1 saturated carbocycles. The minimum atomic E-state index is -1.38. The van der Waals surface area contributed by atoms with Gasteiger partial charge >= 0.3 is 5.97 Å². The summed E-state index contributed by atoms with van der Waals surface area (Å²) in [4.78, 5) is 20.7. The molecule has 0 saturated heterocycles. The van der Waals surface area contributed by atoms with Crippen LogP contribution in [0.3, 0.4) is 0 Å². The summed E-state index contributed by atoms with van der Waals surface area (Å²) in [7, 11) is 0. The van der Waals surface area contributed by atoms with E-state index in [0.29, 0.717) is 0 Å². The molecule has 1 rings (SSSR count). The molecule has 0 amide bonds. The quantitative estimate of drug-likeness (QED) is 0.428. The molecule has 1 aliphatic rings. The molecule has 4 nitrogen and oxygen atoms in total. The average Bonchev–Trinajstić information content (AvgIpc) is 2.37. The van der Waals surface area contributed by atoms with Crippen molar-refractivity contribution in [3.8, 4) is 0 Å². The first-order valence-electron chi connectivity index (χ1n) is 4.08. The highest BCUT2D eigenvalue weighted by Crippen LogP contribution is 2.21. The molecule has 0 N–H and O–H groups in total. The molecule has 0 aliphatic heterocycles. The molecule has 0 aromatic carbocycles. The van der Waals surface area contributed by atoms with E-state index in [1.807, 2.05) is 0 Å². The maximum atomic E-state index is 10.8. The lowest BCUT2D eigenvalue weighted by Gasteiger charge is -2.10. The van der Waals surface area contributed by atoms with E-state index in [9.17, 15) is 14.7 Å². The van der Waals surface area contributed by atoms with E-state index >= 15 is 0 Å². The Kier molecular flexibility index (Phi) is 3.08. The maximum absolute atomic E-state index is 10.8. The number of esters is 1. The van der Waals surface area contributed by atoms with Gasteiger partial charge in [-0.25, -0.2) is 0 Å². The number of carbonyl (C=O) groups excluding carboxylic acids is 2. The van der Waals surface area contributed by atoms with Crippen LogP contribution in [0, 0.1) is 0 Å². The van der Waals surface area contributed by atoms with Crippen LogP contribution in [0.15, 0.2) is 0 Å². The van der Waals surface area contributed by atoms with Crippen molar-refractivity contribution in [3.05, 3.63) is 0 Å². The van der Waals surface area contributed by atoms with Gasteiger partial charge in [0.2, 0.25) is 0 Å². The average molecular weight is 171 g/mol. The third-order valence-corrected chi connectivity index (χ3v) is 1.89. The lowest BCUT2D eigenvalue weighted by atomic mass is 10.3. The number of carboxylic acids is 1. The Morgan fingerprint density at radius 1 is 1.33 bits per heavy atom. The van der Waals surface area contributed by atoms with Crippen LogP contribution >= 0.6 is 0 Å². The lowest BCUT2D eigenvalue weighted by molar-refractivity contribution is -0.305. The highest BCUT2D eigenvalue weighted by atomic mass is 16.5. The van der Waals surface area contributed by atoms with E-state index in [4.69, 9.17) is 4.74 Å². The second-order valence-corrected chi connectivity index (χ2v) is 2.95. The van der Waals surface area contributed by atoms with Crippen molar-refractivity contribution in [1.82, 2.24) is 0 Å². The molecule has 4 heteroatoms. The summed E-state index contributed by atoms with van der Waals surface area (Å²) < 4.78 is 4.86. The van der Waals surface area contributed by atoms with Gasteiger partial charge < -0.3 is 14.6 Å². The Labute approximate surface area is 70.5 Å². The summed E-state index contributed by atoms with van der Waals surface area (Å²) in [6.07, 6.45) is 3.15. The fraction of sp³-hybridized carbons (Fsp3) is 0.750. The minimum Gasteiger partial charge on any atom is -0.550 e. The summed E-state index contributed by atoms with van der Waals surface area (Å²) in [6.45, 7) is 0. The van der Waals surface area contributed by atoms with Crippen molar-refractivity contribution >= 4 is 11.9 Å². The Hall–Kier alpha value is -1.06. The van der Waals surface area contributed by atoms with Crippen molar-refractivity contribution in [2.75, 3.05) is 0 Å². The van der Waals surface area contributed by atoms with Crippen LogP contribution in [0.1, 0.15) is 32.1 Å². The Bertz CT molecular complexity index is 181. The molecule has 0 bridgehead atoms. The molecular formula is C8H11O4-. The fourth-order valence-corrected chi connectivity index (χ4v) is 1.35. The number of aliphatic carboxylic acids is 1. The molecule has 1 fully saturated rings. The number of carbonyl (C=O) groups is 2. The van der Waals surface area contributed by atoms with Crippen LogP contribution in [-0.4, -0.2) is 18.0 Å². The lowest BCUT2D eigenvalue weighted by Crippen LogP contribution is -2.27. The molecular weight excluding hydrogens is 160 g/mol. The highest BCUT2D eigenvalue weighted by Gasteiger charge is 2.18. The molecule has 12 heavy (non-hydrogen) atoms. The van der Waals surface area contributed by atoms with Crippen LogP contribution in [0.4, 0.5) is 0 Å². The Morgan fingerprint density at radius 3 is 2.42 bits per heavy atom. The predicted octanol–water partition coefficient (Wildman–Crippen LogP) is -0.388. The van der Waals surface area contributed by atoms with E-state index in [0.717, 1.165) is 25.7 Å². The van der Waals surface area contributed by atoms with Gasteiger partial charge in [-0.1, -0.05) is 0 Å². The fourth-order valence-electron chi connectivity index (χ4n) is 1.35. The van der Waals surface area contributed by atoms with Gasteiger partial charge in [0.05, 0.1) is 12.4 Å². The van der Waals surface area contributed by atoms with Gasteiger partial charge in [-0.2, -0.15) is 0 Å². The predicted molar refractivity (Wildman–Crippen MR) is 38.0 cm³/mol. The highest BCUT2D eigenvalue weighted by molar-refractivity contribution is 5.89. The summed E-state index contributed by atoms with van der Waals surface area (Å²) >= 11 is 0. The van der Waals surface area contributed by atoms with Gasteiger partial charge in [-0.15, -0.1) is 0 Å². The monoisotopic (exact) mass is 171 g/mol. The number of carboxylic acid groups (broad SMARTS) is 1. The van der Waals surface area contributed by atoms with Gasteiger partial charge in [0.25, 0.3) is 0 Å². The minimum absolute atomic E-state index is 0.0585. The van der Waals surface area contributed by atoms with Crippen LogP contribution in [-0.2, 0) is 14.3 Å². The van der Waals surface area contributed by atoms with E-state index in [-0.39, 0.29) is 6.10 Å². The van der Waals surface area contributed by atoms with Crippen LogP contribution in [0.5, 0.6) is 0 Å². The zero-order valence-corrected chi connectivity index (χ0v) is 6.75. The summed E-state index contributed by atoms with van der Waals surface area (Å²) in [5.74, 6) is -2.06. The Morgan fingerprint density at radius 2 is 1.92 bits per heavy atom. The van der Waals surface area contributed by atoms with Gasteiger partial charge in [-0.3, -0.25) is 4.79 Å². The molecule has 0 unspecified atom stereocenters. The number of ether oxygens (including phenoxy) is 1. The molecule has 68 valence electrons. The van der Waals surface area contributed by atoms with Crippen molar-refractivity contribution < 1.29 is 19.4 Å². The van der Waals surface area contributed by atoms with Crippen molar-refractivity contribution in [2.45, 2.75) is 38.2 Å². The van der Waals surface area contributed by atoms with E-state index in [1.54, 1.807) is 0 Å². The van der Waals surface area contributed by atoms with Crippen LogP contribution < -0.4 is 5.11 Å². The third-order valence-electron chi connectivity index (χ3n) is 1.89. The molecule has 1 aliphatic carbocycles. The summed E-state index contributed by atoms with van der Waals surface area (Å²) in [6, 6.07) is 0. The largest absolute Gasteiger partial charge is 0.550 e. The smallest absolute Gasteiger partial charge is 0.311 e. The van der Waals surface area contributed by atoms with Gasteiger partial charge in [0, 0.05) is 0 Å². The summed E-state index contributed by atoms with van der Waals surface area (Å²) in [5.41, 5.74) is 0. The SMILES string of the molecule is O=C([O-])CC(=O)OC1CCCC1. The zero-order valence-electron chi connectivity index (χ0n) is 6.75. The topological polar surface area (TPSA) is 66.4 Å². The van der Waals surface area contributed by atoms with Crippen molar-refractivity contribution in [1.29, 1.82) is 0 Å². The van der Waals surface area contributed by atoms with Gasteiger partial charge in [-0.05, 0) is 25.7 Å². The first-order chi connectivity index (χ1) is 5.68. The normalized spacial score (nSPS) is 17.7. The molecule has 0 spiro atoms. The van der Waals surface area contributed by atoms with Gasteiger partial charge in [0.1, 0.15) is 6.10 Å². The van der Waals surface area contributed by atoms with Crippen LogP contribution in [0.2, 0.25) is 0 Å². The first-order valence-corrected chi connectivity index (χ1v) is 4.08. The second kappa shape index (κ2) is 4.09. The molecule has 0 heterocycles. The molecule has 0 radical (unpaired) electrons. The summed E-state index contributed by atoms with van der Waals surface area (Å²) in [5, 5.41) is 9.97. The van der Waals surface area contributed by atoms with Crippen molar-refractivity contribution in [2.24, 2.45) is 0 Å². The zero-order chi connectivity index (χ0) is 8.97. The third kappa shape index (κ3) is 2.90. The standard InChI is InChI=1S/C8H12O4/c9-7(10)5-8(11)12-6-3-1-2-4-6/h6H,1-5H2,(H,9,10)/p-1. The molecule has 0 aromatic rings. The number of hydrogen-bond acceptors (Lipinski definition) is 4. The number of hydrogen-bond donors (Lipinski definition) is 0. The van der Waals surface area contributed by atoms with Crippen molar-refractivity contribution in [3.63, 3.8) is 0 Å². The number of rotatable bonds is 3.